The van der Waals surface area contributed by atoms with Gasteiger partial charge in [0.2, 0.25) is 0 Å². The second-order valence-corrected chi connectivity index (χ2v) is 7.12. The minimum Gasteiger partial charge on any atom is -0.491 e. The van der Waals surface area contributed by atoms with E-state index in [1.165, 1.54) is 20.4 Å². The SMILES string of the molecule is OCCOCCOc1ccc(-n2c3ccsc3c3sccc32)cc1. The van der Waals surface area contributed by atoms with Gasteiger partial charge >= 0.3 is 0 Å². The number of nitrogens with zero attached hydrogens (tertiary/aromatic N) is 1. The molecule has 0 radical (unpaired) electrons. The lowest BCUT2D eigenvalue weighted by molar-refractivity contribution is 0.0705. The summed E-state index contributed by atoms with van der Waals surface area (Å²) in [5, 5.41) is 12.9. The highest BCUT2D eigenvalue weighted by Crippen LogP contribution is 2.38. The Morgan fingerprint density at radius 1 is 0.833 bits per heavy atom. The molecule has 0 amide bonds. The van der Waals surface area contributed by atoms with Crippen molar-refractivity contribution in [3.05, 3.63) is 47.2 Å². The van der Waals surface area contributed by atoms with E-state index in [0.717, 1.165) is 11.4 Å². The average molecular weight is 359 g/mol. The van der Waals surface area contributed by atoms with Gasteiger partial charge in [0.25, 0.3) is 0 Å². The lowest BCUT2D eigenvalue weighted by atomic mass is 10.3. The molecular weight excluding hydrogens is 342 g/mol. The molecule has 4 nitrogen and oxygen atoms in total. The Morgan fingerprint density at radius 2 is 1.50 bits per heavy atom. The molecular formula is C18H17NO3S2. The highest BCUT2D eigenvalue weighted by atomic mass is 32.1. The summed E-state index contributed by atoms with van der Waals surface area (Å²) in [6.45, 7) is 1.35. The van der Waals surface area contributed by atoms with Crippen molar-refractivity contribution in [2.45, 2.75) is 0 Å². The van der Waals surface area contributed by atoms with E-state index in [2.05, 4.69) is 39.6 Å². The summed E-state index contributed by atoms with van der Waals surface area (Å²) in [5.74, 6) is 0.821. The molecule has 4 rings (SSSR count). The third kappa shape index (κ3) is 2.82. The summed E-state index contributed by atoms with van der Waals surface area (Å²) >= 11 is 3.58. The van der Waals surface area contributed by atoms with Gasteiger partial charge in [0, 0.05) is 5.69 Å². The normalized spacial score (nSPS) is 11.5. The number of hydrogen-bond donors (Lipinski definition) is 1. The van der Waals surface area contributed by atoms with Gasteiger partial charge < -0.3 is 19.1 Å². The Kier molecular flexibility index (Phi) is 4.53. The van der Waals surface area contributed by atoms with Crippen LogP contribution in [0, 0.1) is 0 Å². The zero-order valence-corrected chi connectivity index (χ0v) is 14.6. The van der Waals surface area contributed by atoms with E-state index in [4.69, 9.17) is 14.6 Å². The van der Waals surface area contributed by atoms with Gasteiger partial charge in [0.1, 0.15) is 12.4 Å². The van der Waals surface area contributed by atoms with E-state index in [9.17, 15) is 0 Å². The first kappa shape index (κ1) is 15.7. The Balaban J connectivity index is 1.56. The first-order chi connectivity index (χ1) is 11.9. The second kappa shape index (κ2) is 6.94. The van der Waals surface area contributed by atoms with E-state index in [1.54, 1.807) is 22.7 Å². The third-order valence-corrected chi connectivity index (χ3v) is 5.78. The predicted octanol–water partition coefficient (Wildman–Crippen LogP) is 4.29. The second-order valence-electron chi connectivity index (χ2n) is 5.28. The number of hydrogen-bond acceptors (Lipinski definition) is 5. The van der Waals surface area contributed by atoms with Crippen molar-refractivity contribution in [1.82, 2.24) is 4.57 Å². The van der Waals surface area contributed by atoms with Crippen molar-refractivity contribution in [2.24, 2.45) is 0 Å². The van der Waals surface area contributed by atoms with Gasteiger partial charge in [0.15, 0.2) is 0 Å². The van der Waals surface area contributed by atoms with Crippen LogP contribution in [-0.2, 0) is 4.74 Å². The maximum Gasteiger partial charge on any atom is 0.119 e. The van der Waals surface area contributed by atoms with Gasteiger partial charge in [-0.2, -0.15) is 0 Å². The summed E-state index contributed by atoms with van der Waals surface area (Å²) in [5.41, 5.74) is 3.65. The zero-order valence-electron chi connectivity index (χ0n) is 13.0. The van der Waals surface area contributed by atoms with E-state index >= 15 is 0 Å². The molecule has 0 saturated heterocycles. The topological polar surface area (TPSA) is 43.6 Å². The van der Waals surface area contributed by atoms with Gasteiger partial charge in [-0.05, 0) is 47.2 Å². The maximum atomic E-state index is 8.66. The Bertz CT molecular complexity index is 888. The highest BCUT2D eigenvalue weighted by Gasteiger charge is 2.14. The van der Waals surface area contributed by atoms with Gasteiger partial charge in [-0.3, -0.25) is 0 Å². The average Bonchev–Trinajstić information content (AvgIpc) is 3.29. The van der Waals surface area contributed by atoms with Gasteiger partial charge in [-0.15, -0.1) is 22.7 Å². The van der Waals surface area contributed by atoms with E-state index < -0.39 is 0 Å². The molecule has 4 aromatic rings. The standard InChI is InChI=1S/C18H17NO3S2/c20-7-8-21-9-10-22-14-3-1-13(2-4-14)19-15-5-11-23-17(15)18-16(19)6-12-24-18/h1-6,11-12,20H,7-10H2. The van der Waals surface area contributed by atoms with Gasteiger partial charge in [0.05, 0.1) is 40.3 Å². The van der Waals surface area contributed by atoms with Crippen molar-refractivity contribution in [3.8, 4) is 11.4 Å². The predicted molar refractivity (Wildman–Crippen MR) is 99.9 cm³/mol. The Hall–Kier alpha value is -1.86. The fourth-order valence-electron chi connectivity index (χ4n) is 2.78. The Morgan fingerprint density at radius 3 is 2.12 bits per heavy atom. The lowest BCUT2D eigenvalue weighted by Gasteiger charge is -2.09. The molecule has 124 valence electrons. The minimum atomic E-state index is 0.0413. The summed E-state index contributed by atoms with van der Waals surface area (Å²) < 4.78 is 15.8. The van der Waals surface area contributed by atoms with Crippen molar-refractivity contribution in [1.29, 1.82) is 0 Å². The van der Waals surface area contributed by atoms with Crippen molar-refractivity contribution in [3.63, 3.8) is 0 Å². The smallest absolute Gasteiger partial charge is 0.119 e. The van der Waals surface area contributed by atoms with Crippen LogP contribution in [0.25, 0.3) is 26.1 Å². The quantitative estimate of drug-likeness (QED) is 0.501. The fraction of sp³-hybridized carbons (Fsp3) is 0.222. The molecule has 0 fully saturated rings. The van der Waals surface area contributed by atoms with Gasteiger partial charge in [-0.1, -0.05) is 0 Å². The first-order valence-corrected chi connectivity index (χ1v) is 9.51. The number of aromatic nitrogens is 1. The van der Waals surface area contributed by atoms with Crippen LogP contribution in [-0.4, -0.2) is 36.1 Å². The summed E-state index contributed by atoms with van der Waals surface area (Å²) in [7, 11) is 0. The van der Waals surface area contributed by atoms with Crippen molar-refractivity contribution >= 4 is 43.1 Å². The molecule has 0 unspecified atom stereocenters. The number of rotatable bonds is 7. The van der Waals surface area contributed by atoms with Gasteiger partial charge in [-0.25, -0.2) is 0 Å². The molecule has 24 heavy (non-hydrogen) atoms. The van der Waals surface area contributed by atoms with Crippen LogP contribution in [0.4, 0.5) is 0 Å². The number of aliphatic hydroxyl groups excluding tert-OH is 1. The van der Waals surface area contributed by atoms with Crippen LogP contribution in [0.1, 0.15) is 0 Å². The maximum absolute atomic E-state index is 8.66. The third-order valence-electron chi connectivity index (χ3n) is 3.80. The lowest BCUT2D eigenvalue weighted by Crippen LogP contribution is -2.09. The number of benzene rings is 1. The van der Waals surface area contributed by atoms with Crippen LogP contribution < -0.4 is 4.74 Å². The van der Waals surface area contributed by atoms with Crippen LogP contribution in [0.15, 0.2) is 47.2 Å². The minimum absolute atomic E-state index is 0.0413. The summed E-state index contributed by atoms with van der Waals surface area (Å²) in [4.78, 5) is 0. The van der Waals surface area contributed by atoms with Crippen LogP contribution >= 0.6 is 22.7 Å². The van der Waals surface area contributed by atoms with E-state index in [1.807, 2.05) is 12.1 Å². The zero-order chi connectivity index (χ0) is 16.4. The molecule has 1 N–H and O–H groups in total. The molecule has 0 aliphatic carbocycles. The molecule has 0 bridgehead atoms. The molecule has 0 saturated carbocycles. The van der Waals surface area contributed by atoms with Crippen molar-refractivity contribution in [2.75, 3.05) is 26.4 Å². The van der Waals surface area contributed by atoms with Crippen LogP contribution in [0.3, 0.4) is 0 Å². The fourth-order valence-corrected chi connectivity index (χ4v) is 4.72. The number of ether oxygens (including phenoxy) is 2. The largest absolute Gasteiger partial charge is 0.491 e. The monoisotopic (exact) mass is 359 g/mol. The summed E-state index contributed by atoms with van der Waals surface area (Å²) in [6, 6.07) is 12.5. The first-order valence-electron chi connectivity index (χ1n) is 7.75. The molecule has 0 atom stereocenters. The number of thiophene rings is 2. The van der Waals surface area contributed by atoms with E-state index in [-0.39, 0.29) is 6.61 Å². The summed E-state index contributed by atoms with van der Waals surface area (Å²) in [6.07, 6.45) is 0. The molecule has 6 heteroatoms. The van der Waals surface area contributed by atoms with E-state index in [0.29, 0.717) is 19.8 Å². The number of aliphatic hydroxyl groups is 1. The molecule has 0 spiro atoms. The molecule has 1 aromatic carbocycles. The highest BCUT2D eigenvalue weighted by molar-refractivity contribution is 7.25. The van der Waals surface area contributed by atoms with Crippen LogP contribution in [0.2, 0.25) is 0 Å². The molecule has 3 heterocycles. The molecule has 3 aromatic heterocycles. The molecule has 0 aliphatic rings. The number of fused-ring (bicyclic) bond motifs is 3. The van der Waals surface area contributed by atoms with Crippen molar-refractivity contribution < 1.29 is 14.6 Å². The molecule has 0 aliphatic heterocycles. The Labute approximate surface area is 147 Å². The van der Waals surface area contributed by atoms with Crippen LogP contribution in [0.5, 0.6) is 5.75 Å².